The number of benzene rings is 1. The Kier molecular flexibility index (Phi) is 7.76. The first-order valence-electron chi connectivity index (χ1n) is 7.82. The Hall–Kier alpha value is -2.05. The van der Waals surface area contributed by atoms with E-state index in [1.807, 2.05) is 18.4 Å². The number of nitrogens with one attached hydrogen (secondary N) is 2. The maximum Gasteiger partial charge on any atom is 0.253 e. The van der Waals surface area contributed by atoms with Crippen molar-refractivity contribution in [2.75, 3.05) is 12.0 Å². The fraction of sp³-hybridized carbons (Fsp3) is 0.278. The molecule has 1 heterocycles. The largest absolute Gasteiger partial charge is 0.350 e. The average molecular weight is 378 g/mol. The lowest BCUT2D eigenvalue weighted by Crippen LogP contribution is -2.47. The van der Waals surface area contributed by atoms with Gasteiger partial charge in [-0.2, -0.15) is 11.8 Å². The zero-order chi connectivity index (χ0) is 18.1. The predicted octanol–water partition coefficient (Wildman–Crippen LogP) is 2.90. The second-order valence-electron chi connectivity index (χ2n) is 5.36. The molecule has 7 heteroatoms. The first-order chi connectivity index (χ1) is 12.1. The zero-order valence-electron chi connectivity index (χ0n) is 13.9. The van der Waals surface area contributed by atoms with Gasteiger partial charge in [0.25, 0.3) is 5.91 Å². The fourth-order valence-electron chi connectivity index (χ4n) is 2.20. The van der Waals surface area contributed by atoms with E-state index in [1.54, 1.807) is 48.4 Å². The van der Waals surface area contributed by atoms with Crippen molar-refractivity contribution in [3.63, 3.8) is 0 Å². The number of hydrogen-bond acceptors (Lipinski definition) is 4. The lowest BCUT2D eigenvalue weighted by Gasteiger charge is -2.18. The third-order valence-electron chi connectivity index (χ3n) is 3.57. The maximum absolute atomic E-state index is 12.5. The van der Waals surface area contributed by atoms with Crippen LogP contribution in [0.3, 0.4) is 0 Å². The quantitative estimate of drug-likeness (QED) is 0.742. The van der Waals surface area contributed by atoms with Crippen LogP contribution < -0.4 is 10.6 Å². The molecular weight excluding hydrogens is 358 g/mol. The highest BCUT2D eigenvalue weighted by Gasteiger charge is 2.21. The second-order valence-corrected chi connectivity index (χ2v) is 6.75. The van der Waals surface area contributed by atoms with Crippen LogP contribution in [0.15, 0.2) is 48.8 Å². The number of amides is 2. The molecule has 1 atom stereocenters. The standard InChI is InChI=1S/C18H20ClN3O2S/c1-25-11-8-16(18(24)21-12-13-6-9-20-10-7-13)22-17(23)14-4-2-3-5-15(14)19/h2-7,9-10,16H,8,11-12H2,1H3,(H,21,24)(H,22,23)/t16-/m1/s1. The highest BCUT2D eigenvalue weighted by atomic mass is 35.5. The van der Waals surface area contributed by atoms with Gasteiger partial charge in [0.05, 0.1) is 10.6 Å². The van der Waals surface area contributed by atoms with Gasteiger partial charge in [-0.1, -0.05) is 23.7 Å². The van der Waals surface area contributed by atoms with E-state index in [4.69, 9.17) is 11.6 Å². The molecule has 132 valence electrons. The van der Waals surface area contributed by atoms with Crippen LogP contribution in [0.4, 0.5) is 0 Å². The van der Waals surface area contributed by atoms with Crippen LogP contribution in [-0.4, -0.2) is 34.8 Å². The normalized spacial score (nSPS) is 11.6. The van der Waals surface area contributed by atoms with E-state index in [2.05, 4.69) is 15.6 Å². The summed E-state index contributed by atoms with van der Waals surface area (Å²) in [5.74, 6) is 0.193. The molecule has 1 aromatic carbocycles. The van der Waals surface area contributed by atoms with Gasteiger partial charge >= 0.3 is 0 Å². The van der Waals surface area contributed by atoms with Crippen molar-refractivity contribution in [3.8, 4) is 0 Å². The maximum atomic E-state index is 12.5. The van der Waals surface area contributed by atoms with Gasteiger partial charge in [0.1, 0.15) is 6.04 Å². The molecule has 0 bridgehead atoms. The number of thioether (sulfide) groups is 1. The molecule has 2 aromatic rings. The molecule has 0 fully saturated rings. The molecule has 0 spiro atoms. The minimum atomic E-state index is -0.613. The molecule has 0 aliphatic carbocycles. The van der Waals surface area contributed by atoms with Crippen molar-refractivity contribution in [2.45, 2.75) is 19.0 Å². The van der Waals surface area contributed by atoms with Gasteiger partial charge in [-0.3, -0.25) is 14.6 Å². The number of rotatable bonds is 8. The first kappa shape index (κ1) is 19.3. The van der Waals surface area contributed by atoms with E-state index >= 15 is 0 Å². The second kappa shape index (κ2) is 10.1. The highest BCUT2D eigenvalue weighted by molar-refractivity contribution is 7.98. The van der Waals surface area contributed by atoms with Gasteiger partial charge in [0, 0.05) is 18.9 Å². The van der Waals surface area contributed by atoms with E-state index in [0.717, 1.165) is 11.3 Å². The van der Waals surface area contributed by atoms with Crippen LogP contribution >= 0.6 is 23.4 Å². The van der Waals surface area contributed by atoms with Crippen LogP contribution in [0.1, 0.15) is 22.3 Å². The number of aromatic nitrogens is 1. The summed E-state index contributed by atoms with van der Waals surface area (Å²) in [7, 11) is 0. The zero-order valence-corrected chi connectivity index (χ0v) is 15.4. The molecule has 2 amide bonds. The Morgan fingerprint density at radius 2 is 1.92 bits per heavy atom. The van der Waals surface area contributed by atoms with Gasteiger partial charge in [-0.05, 0) is 48.3 Å². The van der Waals surface area contributed by atoms with Crippen molar-refractivity contribution in [1.29, 1.82) is 0 Å². The average Bonchev–Trinajstić information content (AvgIpc) is 2.64. The molecule has 2 rings (SSSR count). The summed E-state index contributed by atoms with van der Waals surface area (Å²) in [4.78, 5) is 28.9. The topological polar surface area (TPSA) is 71.1 Å². The van der Waals surface area contributed by atoms with Crippen molar-refractivity contribution in [2.24, 2.45) is 0 Å². The Morgan fingerprint density at radius 3 is 2.60 bits per heavy atom. The van der Waals surface area contributed by atoms with Crippen LogP contribution in [-0.2, 0) is 11.3 Å². The SMILES string of the molecule is CSCC[C@@H](NC(=O)c1ccccc1Cl)C(=O)NCc1ccncc1. The summed E-state index contributed by atoms with van der Waals surface area (Å²) in [6.07, 6.45) is 5.85. The fourth-order valence-corrected chi connectivity index (χ4v) is 2.89. The van der Waals surface area contributed by atoms with E-state index < -0.39 is 6.04 Å². The van der Waals surface area contributed by atoms with Gasteiger partial charge in [0.2, 0.25) is 5.91 Å². The third-order valence-corrected chi connectivity index (χ3v) is 4.54. The summed E-state index contributed by atoms with van der Waals surface area (Å²) in [6, 6.07) is 9.83. The summed E-state index contributed by atoms with van der Waals surface area (Å²) in [6.45, 7) is 0.388. The minimum Gasteiger partial charge on any atom is -0.350 e. The smallest absolute Gasteiger partial charge is 0.253 e. The van der Waals surface area contributed by atoms with Gasteiger partial charge in [-0.25, -0.2) is 0 Å². The first-order valence-corrected chi connectivity index (χ1v) is 9.60. The number of carbonyl (C=O) groups is 2. The summed E-state index contributed by atoms with van der Waals surface area (Å²) in [5.41, 5.74) is 1.31. The van der Waals surface area contributed by atoms with Crippen LogP contribution in [0.25, 0.3) is 0 Å². The molecule has 5 nitrogen and oxygen atoms in total. The van der Waals surface area contributed by atoms with Crippen molar-refractivity contribution in [1.82, 2.24) is 15.6 Å². The molecule has 25 heavy (non-hydrogen) atoms. The van der Waals surface area contributed by atoms with Crippen LogP contribution in [0.5, 0.6) is 0 Å². The molecule has 0 radical (unpaired) electrons. The lowest BCUT2D eigenvalue weighted by atomic mass is 10.1. The van der Waals surface area contributed by atoms with Crippen molar-refractivity contribution >= 4 is 35.2 Å². The molecular formula is C18H20ClN3O2S. The van der Waals surface area contributed by atoms with Crippen molar-refractivity contribution in [3.05, 3.63) is 64.9 Å². The molecule has 0 aliphatic heterocycles. The molecule has 0 unspecified atom stereocenters. The number of pyridine rings is 1. The van der Waals surface area contributed by atoms with Gasteiger partial charge in [0.15, 0.2) is 0 Å². The molecule has 2 N–H and O–H groups in total. The number of nitrogens with zero attached hydrogens (tertiary/aromatic N) is 1. The number of carbonyl (C=O) groups excluding carboxylic acids is 2. The summed E-state index contributed by atoms with van der Waals surface area (Å²) >= 11 is 7.68. The molecule has 1 aromatic heterocycles. The van der Waals surface area contributed by atoms with Crippen molar-refractivity contribution < 1.29 is 9.59 Å². The molecule has 0 saturated heterocycles. The molecule has 0 aliphatic rings. The molecule has 0 saturated carbocycles. The Morgan fingerprint density at radius 1 is 1.20 bits per heavy atom. The third kappa shape index (κ3) is 6.07. The number of halogens is 1. The van der Waals surface area contributed by atoms with E-state index in [0.29, 0.717) is 23.6 Å². The van der Waals surface area contributed by atoms with E-state index in [9.17, 15) is 9.59 Å². The number of hydrogen-bond donors (Lipinski definition) is 2. The Bertz CT molecular complexity index is 712. The van der Waals surface area contributed by atoms with Crippen LogP contribution in [0, 0.1) is 0 Å². The Balaban J connectivity index is 2.00. The highest BCUT2D eigenvalue weighted by Crippen LogP contribution is 2.15. The van der Waals surface area contributed by atoms with E-state index in [1.165, 1.54) is 0 Å². The van der Waals surface area contributed by atoms with Gasteiger partial charge < -0.3 is 10.6 Å². The monoisotopic (exact) mass is 377 g/mol. The Labute approximate surface area is 156 Å². The van der Waals surface area contributed by atoms with E-state index in [-0.39, 0.29) is 11.8 Å². The van der Waals surface area contributed by atoms with Crippen LogP contribution in [0.2, 0.25) is 5.02 Å². The lowest BCUT2D eigenvalue weighted by molar-refractivity contribution is -0.123. The summed E-state index contributed by atoms with van der Waals surface area (Å²) in [5, 5.41) is 6.00. The summed E-state index contributed by atoms with van der Waals surface area (Å²) < 4.78 is 0. The predicted molar refractivity (Wildman–Crippen MR) is 102 cm³/mol. The van der Waals surface area contributed by atoms with Gasteiger partial charge in [-0.15, -0.1) is 0 Å². The minimum absolute atomic E-state index is 0.216.